The van der Waals surface area contributed by atoms with Gasteiger partial charge in [0.25, 0.3) is 0 Å². The summed E-state index contributed by atoms with van der Waals surface area (Å²) in [6.07, 6.45) is -4.84. The molecule has 100 valence electrons. The number of hydrogen-bond donors (Lipinski definition) is 1. The SMILES string of the molecule is CCOC(=O)COC1(C(F)(F)F)CCNCC1. The molecule has 0 saturated carbocycles. The maximum atomic E-state index is 12.9. The molecule has 1 fully saturated rings. The van der Waals surface area contributed by atoms with Crippen molar-refractivity contribution in [3.05, 3.63) is 0 Å². The van der Waals surface area contributed by atoms with Crippen molar-refractivity contribution in [3.63, 3.8) is 0 Å². The van der Waals surface area contributed by atoms with Crippen molar-refractivity contribution in [1.29, 1.82) is 0 Å². The number of alkyl halides is 3. The first-order chi connectivity index (χ1) is 7.91. The number of ether oxygens (including phenoxy) is 2. The molecule has 0 atom stereocenters. The number of carbonyl (C=O) groups is 1. The Kier molecular flexibility index (Phi) is 4.76. The van der Waals surface area contributed by atoms with Crippen molar-refractivity contribution in [1.82, 2.24) is 5.32 Å². The van der Waals surface area contributed by atoms with Crippen LogP contribution in [0.4, 0.5) is 13.2 Å². The number of carbonyl (C=O) groups excluding carboxylic acids is 1. The molecule has 0 spiro atoms. The standard InChI is InChI=1S/C10H16F3NO3/c1-2-16-8(15)7-17-9(10(11,12)13)3-5-14-6-4-9/h14H,2-7H2,1H3. The summed E-state index contributed by atoms with van der Waals surface area (Å²) in [4.78, 5) is 11.0. The van der Waals surface area contributed by atoms with Crippen molar-refractivity contribution in [2.45, 2.75) is 31.5 Å². The van der Waals surface area contributed by atoms with Crippen LogP contribution >= 0.6 is 0 Å². The summed E-state index contributed by atoms with van der Waals surface area (Å²) in [5, 5.41) is 2.83. The third kappa shape index (κ3) is 3.57. The molecule has 0 unspecified atom stereocenters. The van der Waals surface area contributed by atoms with E-state index in [1.54, 1.807) is 6.92 Å². The molecule has 7 heteroatoms. The molecule has 0 aromatic rings. The lowest BCUT2D eigenvalue weighted by atomic mass is 9.91. The molecular formula is C10H16F3NO3. The molecule has 0 aromatic carbocycles. The van der Waals surface area contributed by atoms with Gasteiger partial charge in [-0.05, 0) is 32.9 Å². The lowest BCUT2D eigenvalue weighted by Gasteiger charge is -2.38. The van der Waals surface area contributed by atoms with E-state index >= 15 is 0 Å². The first-order valence-corrected chi connectivity index (χ1v) is 5.48. The fourth-order valence-electron chi connectivity index (χ4n) is 1.74. The Labute approximate surface area is 97.5 Å². The minimum absolute atomic E-state index is 0.128. The molecule has 1 heterocycles. The van der Waals surface area contributed by atoms with Gasteiger partial charge in [0.15, 0.2) is 5.60 Å². The minimum Gasteiger partial charge on any atom is -0.464 e. The van der Waals surface area contributed by atoms with Gasteiger partial charge in [0.1, 0.15) is 6.61 Å². The van der Waals surface area contributed by atoms with E-state index in [0.29, 0.717) is 0 Å². The highest BCUT2D eigenvalue weighted by atomic mass is 19.4. The quantitative estimate of drug-likeness (QED) is 0.768. The molecule has 1 aliphatic heterocycles. The monoisotopic (exact) mass is 255 g/mol. The van der Waals surface area contributed by atoms with Crippen molar-refractivity contribution >= 4 is 5.97 Å². The smallest absolute Gasteiger partial charge is 0.417 e. The van der Waals surface area contributed by atoms with E-state index in [1.165, 1.54) is 0 Å². The zero-order chi connectivity index (χ0) is 12.9. The highest BCUT2D eigenvalue weighted by molar-refractivity contribution is 5.70. The third-order valence-corrected chi connectivity index (χ3v) is 2.70. The van der Waals surface area contributed by atoms with Crippen LogP contribution in [0.3, 0.4) is 0 Å². The highest BCUT2D eigenvalue weighted by Gasteiger charge is 2.56. The van der Waals surface area contributed by atoms with E-state index in [1.807, 2.05) is 0 Å². The molecular weight excluding hydrogens is 239 g/mol. The number of hydrogen-bond acceptors (Lipinski definition) is 4. The van der Waals surface area contributed by atoms with Crippen molar-refractivity contribution in [3.8, 4) is 0 Å². The van der Waals surface area contributed by atoms with Crippen molar-refractivity contribution in [2.24, 2.45) is 0 Å². The molecule has 1 N–H and O–H groups in total. The molecule has 4 nitrogen and oxygen atoms in total. The summed E-state index contributed by atoms with van der Waals surface area (Å²) in [6.45, 7) is 1.50. The highest BCUT2D eigenvalue weighted by Crippen LogP contribution is 2.40. The summed E-state index contributed by atoms with van der Waals surface area (Å²) in [6, 6.07) is 0. The Hall–Kier alpha value is -0.820. The topological polar surface area (TPSA) is 47.6 Å². The summed E-state index contributed by atoms with van der Waals surface area (Å²) in [7, 11) is 0. The number of piperidine rings is 1. The van der Waals surface area contributed by atoms with Crippen LogP contribution in [0.2, 0.25) is 0 Å². The van der Waals surface area contributed by atoms with E-state index in [2.05, 4.69) is 10.1 Å². The Morgan fingerprint density at radius 1 is 1.35 bits per heavy atom. The largest absolute Gasteiger partial charge is 0.464 e. The third-order valence-electron chi connectivity index (χ3n) is 2.70. The molecule has 1 aliphatic rings. The first-order valence-electron chi connectivity index (χ1n) is 5.48. The summed E-state index contributed by atoms with van der Waals surface area (Å²) >= 11 is 0. The van der Waals surface area contributed by atoms with Crippen LogP contribution in [0.1, 0.15) is 19.8 Å². The van der Waals surface area contributed by atoms with Gasteiger partial charge in [-0.15, -0.1) is 0 Å². The predicted octanol–water partition coefficient (Wildman–Crippen LogP) is 1.25. The zero-order valence-electron chi connectivity index (χ0n) is 9.60. The number of halogens is 3. The fraction of sp³-hybridized carbons (Fsp3) is 0.900. The van der Waals surface area contributed by atoms with Crippen LogP contribution in [0.25, 0.3) is 0 Å². The second-order valence-electron chi connectivity index (χ2n) is 3.84. The maximum Gasteiger partial charge on any atom is 0.417 e. The van der Waals surface area contributed by atoms with E-state index in [9.17, 15) is 18.0 Å². The molecule has 0 aromatic heterocycles. The molecule has 1 saturated heterocycles. The van der Waals surface area contributed by atoms with Gasteiger partial charge in [0.2, 0.25) is 0 Å². The Morgan fingerprint density at radius 2 is 1.94 bits per heavy atom. The van der Waals surface area contributed by atoms with Gasteiger partial charge in [-0.2, -0.15) is 13.2 Å². The maximum absolute atomic E-state index is 12.9. The molecule has 0 radical (unpaired) electrons. The van der Waals surface area contributed by atoms with Gasteiger partial charge in [-0.1, -0.05) is 0 Å². The zero-order valence-corrected chi connectivity index (χ0v) is 9.60. The predicted molar refractivity (Wildman–Crippen MR) is 53.5 cm³/mol. The first kappa shape index (κ1) is 14.2. The Bertz CT molecular complexity index is 262. The average molecular weight is 255 g/mol. The van der Waals surface area contributed by atoms with Gasteiger partial charge in [0, 0.05) is 0 Å². The summed E-state index contributed by atoms with van der Waals surface area (Å²) in [5.74, 6) is -0.769. The second kappa shape index (κ2) is 5.68. The van der Waals surface area contributed by atoms with Crippen molar-refractivity contribution in [2.75, 3.05) is 26.3 Å². The second-order valence-corrected chi connectivity index (χ2v) is 3.84. The van der Waals surface area contributed by atoms with Crippen LogP contribution in [-0.4, -0.2) is 44.0 Å². The lowest BCUT2D eigenvalue weighted by Crippen LogP contribution is -2.54. The normalized spacial score (nSPS) is 20.0. The van der Waals surface area contributed by atoms with E-state index < -0.39 is 24.4 Å². The van der Waals surface area contributed by atoms with E-state index in [-0.39, 0.29) is 32.5 Å². The van der Waals surface area contributed by atoms with Crippen LogP contribution in [0.5, 0.6) is 0 Å². The lowest BCUT2D eigenvalue weighted by molar-refractivity contribution is -0.285. The van der Waals surface area contributed by atoms with Gasteiger partial charge in [-0.3, -0.25) is 0 Å². The Balaban J connectivity index is 2.61. The summed E-state index contributed by atoms with van der Waals surface area (Å²) < 4.78 is 48.1. The molecule has 0 bridgehead atoms. The van der Waals surface area contributed by atoms with E-state index in [4.69, 9.17) is 4.74 Å². The molecule has 17 heavy (non-hydrogen) atoms. The summed E-state index contributed by atoms with van der Waals surface area (Å²) in [5.41, 5.74) is -2.22. The number of nitrogens with one attached hydrogen (secondary N) is 1. The minimum atomic E-state index is -4.47. The number of rotatable bonds is 4. The van der Waals surface area contributed by atoms with Gasteiger partial charge in [0.05, 0.1) is 6.61 Å². The van der Waals surface area contributed by atoms with Crippen LogP contribution in [0.15, 0.2) is 0 Å². The molecule has 1 rings (SSSR count). The van der Waals surface area contributed by atoms with Crippen LogP contribution in [0, 0.1) is 0 Å². The Morgan fingerprint density at radius 3 is 2.41 bits per heavy atom. The molecule has 0 amide bonds. The van der Waals surface area contributed by atoms with Crippen LogP contribution < -0.4 is 5.32 Å². The van der Waals surface area contributed by atoms with Crippen molar-refractivity contribution < 1.29 is 27.4 Å². The van der Waals surface area contributed by atoms with Gasteiger partial charge < -0.3 is 14.8 Å². The van der Waals surface area contributed by atoms with Gasteiger partial charge in [-0.25, -0.2) is 4.79 Å². The molecule has 0 aliphatic carbocycles. The van der Waals surface area contributed by atoms with Gasteiger partial charge >= 0.3 is 12.1 Å². The number of esters is 1. The van der Waals surface area contributed by atoms with E-state index in [0.717, 1.165) is 0 Å². The average Bonchev–Trinajstić information content (AvgIpc) is 2.27. The van der Waals surface area contributed by atoms with Crippen LogP contribution in [-0.2, 0) is 14.3 Å². The fourth-order valence-corrected chi connectivity index (χ4v) is 1.74.